The van der Waals surface area contributed by atoms with Crippen LogP contribution < -0.4 is 5.32 Å². The Morgan fingerprint density at radius 2 is 2.08 bits per heavy atom. The summed E-state index contributed by atoms with van der Waals surface area (Å²) >= 11 is 0. The highest BCUT2D eigenvalue weighted by atomic mass is 19.4. The molecule has 1 heterocycles. The van der Waals surface area contributed by atoms with Gasteiger partial charge in [0.1, 0.15) is 5.54 Å². The first-order valence-electron chi connectivity index (χ1n) is 4.35. The monoisotopic (exact) mass is 179 g/mol. The molecule has 2 unspecified atom stereocenters. The maximum atomic E-state index is 12.6. The van der Waals surface area contributed by atoms with E-state index in [2.05, 4.69) is 5.32 Å². The van der Waals surface area contributed by atoms with Gasteiger partial charge < -0.3 is 5.32 Å². The molecule has 70 valence electrons. The summed E-state index contributed by atoms with van der Waals surface area (Å²) < 4.78 is 37.7. The summed E-state index contributed by atoms with van der Waals surface area (Å²) in [6.45, 7) is 0.555. The lowest BCUT2D eigenvalue weighted by Gasteiger charge is -2.34. The minimum atomic E-state index is -4.05. The van der Waals surface area contributed by atoms with Gasteiger partial charge >= 0.3 is 6.18 Å². The van der Waals surface area contributed by atoms with Crippen LogP contribution in [0.2, 0.25) is 0 Å². The van der Waals surface area contributed by atoms with Crippen LogP contribution in [0.3, 0.4) is 0 Å². The fourth-order valence-electron chi connectivity index (χ4n) is 2.42. The molecule has 1 saturated carbocycles. The quantitative estimate of drug-likeness (QED) is 0.600. The zero-order valence-electron chi connectivity index (χ0n) is 6.75. The SMILES string of the molecule is FC(F)(F)C12CCCC(CN1)C2. The van der Waals surface area contributed by atoms with Crippen LogP contribution in [0.5, 0.6) is 0 Å². The first-order valence-corrected chi connectivity index (χ1v) is 4.35. The zero-order chi connectivity index (χ0) is 8.82. The number of hydrogen-bond donors (Lipinski definition) is 1. The van der Waals surface area contributed by atoms with E-state index < -0.39 is 11.7 Å². The summed E-state index contributed by atoms with van der Waals surface area (Å²) in [5.74, 6) is 0.264. The summed E-state index contributed by atoms with van der Waals surface area (Å²) in [5.41, 5.74) is -1.52. The van der Waals surface area contributed by atoms with Gasteiger partial charge in [0, 0.05) is 0 Å². The first-order chi connectivity index (χ1) is 5.54. The molecule has 0 radical (unpaired) electrons. The van der Waals surface area contributed by atoms with E-state index in [1.54, 1.807) is 0 Å². The Labute approximate surface area is 69.3 Å². The van der Waals surface area contributed by atoms with E-state index in [1.807, 2.05) is 0 Å². The fraction of sp³-hybridized carbons (Fsp3) is 1.00. The van der Waals surface area contributed by atoms with E-state index in [9.17, 15) is 13.2 Å². The third kappa shape index (κ3) is 1.04. The molecule has 0 aromatic heterocycles. The lowest BCUT2D eigenvalue weighted by Crippen LogP contribution is -2.53. The van der Waals surface area contributed by atoms with Gasteiger partial charge in [0.2, 0.25) is 0 Å². The molecule has 4 heteroatoms. The molecule has 1 saturated heterocycles. The summed E-state index contributed by atoms with van der Waals surface area (Å²) in [7, 11) is 0. The highest BCUT2D eigenvalue weighted by Crippen LogP contribution is 2.46. The number of alkyl halides is 3. The average molecular weight is 179 g/mol. The van der Waals surface area contributed by atoms with Crippen molar-refractivity contribution < 1.29 is 13.2 Å². The average Bonchev–Trinajstić information content (AvgIpc) is 2.27. The van der Waals surface area contributed by atoms with Crippen molar-refractivity contribution in [3.8, 4) is 0 Å². The van der Waals surface area contributed by atoms with Gasteiger partial charge in [0.05, 0.1) is 0 Å². The lowest BCUT2D eigenvalue weighted by molar-refractivity contribution is -0.197. The van der Waals surface area contributed by atoms with Crippen LogP contribution in [-0.4, -0.2) is 18.3 Å². The van der Waals surface area contributed by atoms with Crippen molar-refractivity contribution in [2.75, 3.05) is 6.54 Å². The Bertz CT molecular complexity index is 185. The Morgan fingerprint density at radius 3 is 2.67 bits per heavy atom. The van der Waals surface area contributed by atoms with Crippen LogP contribution >= 0.6 is 0 Å². The second-order valence-electron chi connectivity index (χ2n) is 3.92. The molecule has 12 heavy (non-hydrogen) atoms. The van der Waals surface area contributed by atoms with Gasteiger partial charge in [0.15, 0.2) is 0 Å². The van der Waals surface area contributed by atoms with Gasteiger partial charge in [-0.3, -0.25) is 0 Å². The van der Waals surface area contributed by atoms with Crippen LogP contribution in [0.4, 0.5) is 13.2 Å². The maximum Gasteiger partial charge on any atom is 0.406 e. The Morgan fingerprint density at radius 1 is 1.33 bits per heavy atom. The van der Waals surface area contributed by atoms with Gasteiger partial charge in [-0.25, -0.2) is 0 Å². The maximum absolute atomic E-state index is 12.6. The molecule has 2 fully saturated rings. The second-order valence-corrected chi connectivity index (χ2v) is 3.92. The van der Waals surface area contributed by atoms with Gasteiger partial charge in [0.25, 0.3) is 0 Å². The van der Waals surface area contributed by atoms with Gasteiger partial charge in [-0.05, 0) is 31.7 Å². The molecule has 1 aliphatic heterocycles. The molecular weight excluding hydrogens is 167 g/mol. The molecular formula is C8H12F3N. The predicted molar refractivity (Wildman–Crippen MR) is 38.7 cm³/mol. The predicted octanol–water partition coefficient (Wildman–Crippen LogP) is 2.08. The topological polar surface area (TPSA) is 12.0 Å². The second kappa shape index (κ2) is 2.37. The number of nitrogens with one attached hydrogen (secondary N) is 1. The number of hydrogen-bond acceptors (Lipinski definition) is 1. The van der Waals surface area contributed by atoms with Crippen LogP contribution in [0.1, 0.15) is 25.7 Å². The molecule has 1 N–H and O–H groups in total. The number of halogens is 3. The normalized spacial score (nSPS) is 41.8. The highest BCUT2D eigenvalue weighted by molar-refractivity contribution is 5.04. The Balaban J connectivity index is 2.21. The van der Waals surface area contributed by atoms with Gasteiger partial charge in [-0.15, -0.1) is 0 Å². The van der Waals surface area contributed by atoms with Crippen molar-refractivity contribution >= 4 is 0 Å². The molecule has 0 aromatic carbocycles. The molecule has 2 rings (SSSR count). The highest BCUT2D eigenvalue weighted by Gasteiger charge is 2.59. The van der Waals surface area contributed by atoms with E-state index in [1.165, 1.54) is 0 Å². The Hall–Kier alpha value is -0.250. The minimum Gasteiger partial charge on any atom is -0.303 e. The zero-order valence-corrected chi connectivity index (χ0v) is 6.75. The summed E-state index contributed by atoms with van der Waals surface area (Å²) in [6.07, 6.45) is -1.80. The van der Waals surface area contributed by atoms with Crippen molar-refractivity contribution in [3.05, 3.63) is 0 Å². The number of fused-ring (bicyclic) bond motifs is 2. The summed E-state index contributed by atoms with van der Waals surface area (Å²) in [4.78, 5) is 0. The first kappa shape index (κ1) is 8.35. The van der Waals surface area contributed by atoms with Crippen molar-refractivity contribution in [2.45, 2.75) is 37.4 Å². The molecule has 1 aliphatic carbocycles. The largest absolute Gasteiger partial charge is 0.406 e. The standard InChI is InChI=1S/C8H12F3N/c9-8(10,11)7-3-1-2-6(4-7)5-12-7/h6,12H,1-5H2. The van der Waals surface area contributed by atoms with Crippen molar-refractivity contribution in [2.24, 2.45) is 5.92 Å². The third-order valence-corrected chi connectivity index (χ3v) is 3.12. The molecule has 0 aromatic rings. The molecule has 0 amide bonds. The molecule has 2 bridgehead atoms. The lowest BCUT2D eigenvalue weighted by atomic mass is 9.80. The van der Waals surface area contributed by atoms with Crippen LogP contribution in [-0.2, 0) is 0 Å². The fourth-order valence-corrected chi connectivity index (χ4v) is 2.42. The smallest absolute Gasteiger partial charge is 0.303 e. The molecule has 0 spiro atoms. The summed E-state index contributed by atoms with van der Waals surface area (Å²) in [5, 5.41) is 2.65. The third-order valence-electron chi connectivity index (χ3n) is 3.12. The van der Waals surface area contributed by atoms with Crippen molar-refractivity contribution in [3.63, 3.8) is 0 Å². The van der Waals surface area contributed by atoms with Crippen LogP contribution in [0, 0.1) is 5.92 Å². The van der Waals surface area contributed by atoms with E-state index in [4.69, 9.17) is 0 Å². The molecule has 2 aliphatic rings. The summed E-state index contributed by atoms with van der Waals surface area (Å²) in [6, 6.07) is 0. The molecule has 2 atom stereocenters. The Kier molecular flexibility index (Phi) is 1.65. The van der Waals surface area contributed by atoms with E-state index in [-0.39, 0.29) is 12.3 Å². The number of rotatable bonds is 0. The van der Waals surface area contributed by atoms with Crippen LogP contribution in [0.15, 0.2) is 0 Å². The van der Waals surface area contributed by atoms with E-state index in [0.717, 1.165) is 12.8 Å². The molecule has 1 nitrogen and oxygen atoms in total. The van der Waals surface area contributed by atoms with Gasteiger partial charge in [-0.2, -0.15) is 13.2 Å². The van der Waals surface area contributed by atoms with E-state index in [0.29, 0.717) is 13.0 Å². The van der Waals surface area contributed by atoms with Crippen molar-refractivity contribution in [1.29, 1.82) is 0 Å². The van der Waals surface area contributed by atoms with E-state index >= 15 is 0 Å². The van der Waals surface area contributed by atoms with Crippen LogP contribution in [0.25, 0.3) is 0 Å². The van der Waals surface area contributed by atoms with Crippen molar-refractivity contribution in [1.82, 2.24) is 5.32 Å². The minimum absolute atomic E-state index is 0.264. The van der Waals surface area contributed by atoms with Gasteiger partial charge in [-0.1, -0.05) is 6.42 Å².